The summed E-state index contributed by atoms with van der Waals surface area (Å²) >= 11 is 0. The average molecular weight is 301 g/mol. The van der Waals surface area contributed by atoms with Gasteiger partial charge in [-0.05, 0) is 55.7 Å². The van der Waals surface area contributed by atoms with Gasteiger partial charge in [-0.1, -0.05) is 6.07 Å². The number of carbonyl (C=O) groups is 1. The molecule has 118 valence electrons. The molecule has 2 fully saturated rings. The zero-order chi connectivity index (χ0) is 14.9. The van der Waals surface area contributed by atoms with Crippen molar-refractivity contribution < 1.29 is 14.3 Å². The lowest BCUT2D eigenvalue weighted by Gasteiger charge is -2.24. The highest BCUT2D eigenvalue weighted by atomic mass is 16.5. The van der Waals surface area contributed by atoms with E-state index in [0.717, 1.165) is 50.3 Å². The fraction of sp³-hybridized carbons (Fsp3) is 0.611. The van der Waals surface area contributed by atoms with Gasteiger partial charge in [-0.3, -0.25) is 4.79 Å². The Labute approximate surface area is 131 Å². The van der Waals surface area contributed by atoms with Crippen LogP contribution in [0.5, 0.6) is 11.5 Å². The first-order valence-electron chi connectivity index (χ1n) is 8.52. The number of aryl methyl sites for hydroxylation is 1. The van der Waals surface area contributed by atoms with Crippen LogP contribution in [0.2, 0.25) is 0 Å². The Morgan fingerprint density at radius 2 is 2.05 bits per heavy atom. The number of hydrogen-bond acceptors (Lipinski definition) is 3. The maximum absolute atomic E-state index is 11.5. The van der Waals surface area contributed by atoms with Crippen molar-refractivity contribution in [1.82, 2.24) is 5.32 Å². The number of nitrogens with one attached hydrogen (secondary N) is 1. The summed E-state index contributed by atoms with van der Waals surface area (Å²) in [5, 5.41) is 2.93. The largest absolute Gasteiger partial charge is 0.489 e. The normalized spacial score (nSPS) is 24.7. The summed E-state index contributed by atoms with van der Waals surface area (Å²) in [4.78, 5) is 11.5. The Bertz CT molecular complexity index is 578. The van der Waals surface area contributed by atoms with Gasteiger partial charge in [0, 0.05) is 18.9 Å². The molecule has 1 atom stereocenters. The van der Waals surface area contributed by atoms with E-state index in [1.165, 1.54) is 24.0 Å². The number of amides is 1. The van der Waals surface area contributed by atoms with Crippen LogP contribution in [0.25, 0.3) is 0 Å². The van der Waals surface area contributed by atoms with Gasteiger partial charge < -0.3 is 14.8 Å². The fourth-order valence-electron chi connectivity index (χ4n) is 3.82. The van der Waals surface area contributed by atoms with E-state index in [0.29, 0.717) is 12.5 Å². The maximum Gasteiger partial charge on any atom is 0.220 e. The highest BCUT2D eigenvalue weighted by Gasteiger charge is 2.27. The molecule has 3 aliphatic rings. The van der Waals surface area contributed by atoms with Gasteiger partial charge in [-0.15, -0.1) is 0 Å². The highest BCUT2D eigenvalue weighted by Crippen LogP contribution is 2.40. The Morgan fingerprint density at radius 1 is 1.18 bits per heavy atom. The molecular weight excluding hydrogens is 278 g/mol. The molecule has 0 aromatic heterocycles. The summed E-state index contributed by atoms with van der Waals surface area (Å²) in [6.45, 7) is 1.51. The smallest absolute Gasteiger partial charge is 0.220 e. The Balaban J connectivity index is 1.66. The van der Waals surface area contributed by atoms with Gasteiger partial charge in [0.1, 0.15) is 0 Å². The number of ether oxygens (including phenoxy) is 2. The first kappa shape index (κ1) is 13.9. The fourth-order valence-corrected chi connectivity index (χ4v) is 3.82. The van der Waals surface area contributed by atoms with Gasteiger partial charge in [0.05, 0.1) is 12.7 Å². The molecule has 1 aliphatic carbocycles. The van der Waals surface area contributed by atoms with Crippen molar-refractivity contribution in [2.45, 2.75) is 57.0 Å². The van der Waals surface area contributed by atoms with Crippen molar-refractivity contribution in [3.63, 3.8) is 0 Å². The van der Waals surface area contributed by atoms with E-state index in [-0.39, 0.29) is 11.8 Å². The van der Waals surface area contributed by atoms with Gasteiger partial charge in [-0.2, -0.15) is 0 Å². The first-order valence-corrected chi connectivity index (χ1v) is 8.52. The summed E-state index contributed by atoms with van der Waals surface area (Å²) < 4.78 is 12.2. The van der Waals surface area contributed by atoms with Gasteiger partial charge in [0.2, 0.25) is 5.91 Å². The number of carbonyl (C=O) groups excluding carboxylic acids is 1. The molecule has 1 aromatic carbocycles. The summed E-state index contributed by atoms with van der Waals surface area (Å²) in [6.07, 6.45) is 7.81. The van der Waals surface area contributed by atoms with Crippen LogP contribution in [0.15, 0.2) is 12.1 Å². The van der Waals surface area contributed by atoms with Crippen molar-refractivity contribution >= 4 is 5.91 Å². The molecular formula is C18H23NO3. The summed E-state index contributed by atoms with van der Waals surface area (Å²) in [5.74, 6) is 2.26. The lowest BCUT2D eigenvalue weighted by molar-refractivity contribution is -0.119. The maximum atomic E-state index is 11.5. The molecule has 1 saturated carbocycles. The van der Waals surface area contributed by atoms with Crippen LogP contribution in [0.3, 0.4) is 0 Å². The highest BCUT2D eigenvalue weighted by molar-refractivity contribution is 5.79. The minimum absolute atomic E-state index is 0.150. The number of fused-ring (bicyclic) bond motifs is 1. The van der Waals surface area contributed by atoms with E-state index in [4.69, 9.17) is 9.47 Å². The standard InChI is InChI=1S/C18H23NO3/c20-17-10-14(11-19-17)13-8-12-4-3-7-21-18(12)16(9-13)22-15-5-1-2-6-15/h8-9,14-15H,1-7,10-11H2,(H,19,20). The van der Waals surface area contributed by atoms with Crippen LogP contribution >= 0.6 is 0 Å². The number of rotatable bonds is 3. The minimum Gasteiger partial charge on any atom is -0.489 e. The predicted octanol–water partition coefficient (Wildman–Crippen LogP) is 2.94. The van der Waals surface area contributed by atoms with Gasteiger partial charge >= 0.3 is 0 Å². The summed E-state index contributed by atoms with van der Waals surface area (Å²) in [6, 6.07) is 4.34. The second-order valence-corrected chi connectivity index (χ2v) is 6.69. The van der Waals surface area contributed by atoms with Gasteiger partial charge in [0.25, 0.3) is 0 Å². The molecule has 4 nitrogen and oxygen atoms in total. The van der Waals surface area contributed by atoms with E-state index < -0.39 is 0 Å². The molecule has 2 heterocycles. The number of hydrogen-bond donors (Lipinski definition) is 1. The predicted molar refractivity (Wildman–Crippen MR) is 83.5 cm³/mol. The molecule has 4 heteroatoms. The zero-order valence-electron chi connectivity index (χ0n) is 12.9. The third-order valence-corrected chi connectivity index (χ3v) is 5.04. The van der Waals surface area contributed by atoms with Crippen molar-refractivity contribution in [3.8, 4) is 11.5 Å². The van der Waals surface area contributed by atoms with Gasteiger partial charge in [-0.25, -0.2) is 0 Å². The van der Waals surface area contributed by atoms with Crippen LogP contribution in [-0.4, -0.2) is 25.2 Å². The molecule has 0 radical (unpaired) electrons. The average Bonchev–Trinajstić information content (AvgIpc) is 3.19. The van der Waals surface area contributed by atoms with E-state index in [9.17, 15) is 4.79 Å². The van der Waals surface area contributed by atoms with Crippen molar-refractivity contribution in [2.24, 2.45) is 0 Å². The van der Waals surface area contributed by atoms with E-state index >= 15 is 0 Å². The van der Waals surface area contributed by atoms with Crippen LogP contribution in [0, 0.1) is 0 Å². The van der Waals surface area contributed by atoms with Crippen molar-refractivity contribution in [2.75, 3.05) is 13.2 Å². The van der Waals surface area contributed by atoms with Crippen LogP contribution in [0.4, 0.5) is 0 Å². The Hall–Kier alpha value is -1.71. The molecule has 4 rings (SSSR count). The molecule has 22 heavy (non-hydrogen) atoms. The zero-order valence-corrected chi connectivity index (χ0v) is 12.9. The second kappa shape index (κ2) is 5.82. The summed E-state index contributed by atoms with van der Waals surface area (Å²) in [7, 11) is 0. The molecule has 0 bridgehead atoms. The molecule has 1 amide bonds. The van der Waals surface area contributed by atoms with Crippen LogP contribution in [0.1, 0.15) is 55.6 Å². The van der Waals surface area contributed by atoms with Crippen molar-refractivity contribution in [1.29, 1.82) is 0 Å². The topological polar surface area (TPSA) is 47.6 Å². The monoisotopic (exact) mass is 301 g/mol. The minimum atomic E-state index is 0.150. The quantitative estimate of drug-likeness (QED) is 0.934. The third kappa shape index (κ3) is 2.67. The summed E-state index contributed by atoms with van der Waals surface area (Å²) in [5.41, 5.74) is 2.46. The van der Waals surface area contributed by atoms with Crippen LogP contribution in [-0.2, 0) is 11.2 Å². The Morgan fingerprint density at radius 3 is 2.82 bits per heavy atom. The van der Waals surface area contributed by atoms with E-state index in [1.807, 2.05) is 0 Å². The lowest BCUT2D eigenvalue weighted by Crippen LogP contribution is -2.16. The first-order chi connectivity index (χ1) is 10.8. The van der Waals surface area contributed by atoms with Crippen LogP contribution < -0.4 is 14.8 Å². The second-order valence-electron chi connectivity index (χ2n) is 6.69. The molecule has 0 spiro atoms. The molecule has 1 saturated heterocycles. The lowest BCUT2D eigenvalue weighted by atomic mass is 9.93. The van der Waals surface area contributed by atoms with Gasteiger partial charge in [0.15, 0.2) is 11.5 Å². The molecule has 1 unspecified atom stereocenters. The SMILES string of the molecule is O=C1CC(c2cc3c(c(OC4CCCC4)c2)OCCC3)CN1. The van der Waals surface area contributed by atoms with Crippen molar-refractivity contribution in [3.05, 3.63) is 23.3 Å². The third-order valence-electron chi connectivity index (χ3n) is 5.04. The molecule has 2 aliphatic heterocycles. The molecule has 1 N–H and O–H groups in total. The molecule has 1 aromatic rings. The van der Waals surface area contributed by atoms with E-state index in [2.05, 4.69) is 17.4 Å². The van der Waals surface area contributed by atoms with E-state index in [1.54, 1.807) is 0 Å². The number of benzene rings is 1. The Kier molecular flexibility index (Phi) is 3.68.